The minimum Gasteiger partial charge on any atom is -0.358 e. The second-order valence-corrected chi connectivity index (χ2v) is 9.99. The van der Waals surface area contributed by atoms with Crippen LogP contribution < -0.4 is 4.72 Å². The summed E-state index contributed by atoms with van der Waals surface area (Å²) in [5.74, 6) is 0.0766. The predicted molar refractivity (Wildman–Crippen MR) is 131 cm³/mol. The highest BCUT2D eigenvalue weighted by molar-refractivity contribution is 7.92. The quantitative estimate of drug-likeness (QED) is 0.366. The van der Waals surface area contributed by atoms with Crippen LogP contribution in [0.3, 0.4) is 0 Å². The molecule has 33 heavy (non-hydrogen) atoms. The van der Waals surface area contributed by atoms with Crippen LogP contribution >= 0.6 is 11.6 Å². The van der Waals surface area contributed by atoms with E-state index in [-0.39, 0.29) is 11.6 Å². The lowest BCUT2D eigenvalue weighted by atomic mass is 10.1. The number of hydrogen-bond donors (Lipinski definition) is 1. The summed E-state index contributed by atoms with van der Waals surface area (Å²) in [7, 11) is -3.64. The monoisotopic (exact) mass is 493 g/mol. The molecule has 0 radical (unpaired) electrons. The second-order valence-electron chi connectivity index (χ2n) is 7.74. The molecule has 0 saturated carbocycles. The van der Waals surface area contributed by atoms with Gasteiger partial charge in [0.1, 0.15) is 17.2 Å². The van der Waals surface area contributed by atoms with Gasteiger partial charge in [0.15, 0.2) is 5.76 Å². The van der Waals surface area contributed by atoms with Gasteiger partial charge in [-0.2, -0.15) is 0 Å². The molecule has 0 unspecified atom stereocenters. The number of aromatic nitrogens is 1. The van der Waals surface area contributed by atoms with E-state index in [0.717, 1.165) is 18.7 Å². The summed E-state index contributed by atoms with van der Waals surface area (Å²) in [6.45, 7) is 6.55. The van der Waals surface area contributed by atoms with E-state index in [9.17, 15) is 12.8 Å². The van der Waals surface area contributed by atoms with Gasteiger partial charge in [-0.3, -0.25) is 4.72 Å². The molecule has 2 aromatic carbocycles. The number of rotatable bonds is 12. The number of hydrogen-bond acceptors (Lipinski definition) is 5. The Balaban J connectivity index is 1.84. The highest BCUT2D eigenvalue weighted by Gasteiger charge is 2.23. The molecule has 1 aromatic heterocycles. The molecule has 1 heterocycles. The molecule has 0 aliphatic carbocycles. The normalized spacial score (nSPS) is 11.8. The van der Waals surface area contributed by atoms with Crippen LogP contribution in [0.25, 0.3) is 11.3 Å². The van der Waals surface area contributed by atoms with Crippen molar-refractivity contribution in [3.8, 4) is 11.3 Å². The van der Waals surface area contributed by atoms with Crippen molar-refractivity contribution in [2.24, 2.45) is 0 Å². The molecule has 0 aliphatic heterocycles. The van der Waals surface area contributed by atoms with Crippen molar-refractivity contribution < 1.29 is 17.3 Å². The number of sulfonamides is 1. The van der Waals surface area contributed by atoms with Crippen LogP contribution in [0.1, 0.15) is 31.6 Å². The molecule has 0 spiro atoms. The van der Waals surface area contributed by atoms with Crippen LogP contribution in [0.15, 0.2) is 53.1 Å². The van der Waals surface area contributed by atoms with Crippen molar-refractivity contribution >= 4 is 27.3 Å². The molecule has 3 rings (SSSR count). The van der Waals surface area contributed by atoms with Crippen LogP contribution in [0.5, 0.6) is 0 Å². The Morgan fingerprint density at radius 3 is 2.42 bits per heavy atom. The molecule has 9 heteroatoms. The molecule has 178 valence electrons. The molecule has 3 aromatic rings. The van der Waals surface area contributed by atoms with Crippen molar-refractivity contribution in [3.63, 3.8) is 0 Å². The van der Waals surface area contributed by atoms with E-state index in [2.05, 4.69) is 28.6 Å². The van der Waals surface area contributed by atoms with Gasteiger partial charge >= 0.3 is 0 Å². The molecule has 0 bridgehead atoms. The largest absolute Gasteiger partial charge is 0.358 e. The number of benzene rings is 2. The molecule has 0 amide bonds. The fourth-order valence-electron chi connectivity index (χ4n) is 3.57. The third-order valence-corrected chi connectivity index (χ3v) is 7.16. The van der Waals surface area contributed by atoms with Crippen molar-refractivity contribution in [2.45, 2.75) is 33.1 Å². The first-order chi connectivity index (χ1) is 15.8. The Hall–Kier alpha value is -2.42. The van der Waals surface area contributed by atoms with Gasteiger partial charge in [0.25, 0.3) is 0 Å². The highest BCUT2D eigenvalue weighted by atomic mass is 35.5. The first-order valence-corrected chi connectivity index (χ1v) is 13.1. The number of anilines is 1. The van der Waals surface area contributed by atoms with Gasteiger partial charge in [-0.15, -0.1) is 0 Å². The molecular formula is C24H29ClFN3O3S. The van der Waals surface area contributed by atoms with E-state index >= 15 is 0 Å². The number of nitrogens with one attached hydrogen (secondary N) is 1. The Morgan fingerprint density at radius 1 is 1.06 bits per heavy atom. The van der Waals surface area contributed by atoms with Crippen LogP contribution in [-0.4, -0.2) is 43.9 Å². The van der Waals surface area contributed by atoms with E-state index < -0.39 is 10.0 Å². The SMILES string of the molecule is CCN(CC)CCCS(=O)(=O)Nc1c(-c2ccccc2Cl)noc1CCc1ccc(F)cc1. The van der Waals surface area contributed by atoms with Gasteiger partial charge < -0.3 is 9.42 Å². The van der Waals surface area contributed by atoms with Crippen LogP contribution in [0, 0.1) is 5.82 Å². The van der Waals surface area contributed by atoms with Gasteiger partial charge in [-0.1, -0.05) is 60.9 Å². The topological polar surface area (TPSA) is 75.4 Å². The lowest BCUT2D eigenvalue weighted by molar-refractivity contribution is 0.305. The van der Waals surface area contributed by atoms with Crippen molar-refractivity contribution in [1.29, 1.82) is 0 Å². The zero-order valence-corrected chi connectivity index (χ0v) is 20.4. The average molecular weight is 494 g/mol. The van der Waals surface area contributed by atoms with Gasteiger partial charge in [0.2, 0.25) is 10.0 Å². The van der Waals surface area contributed by atoms with E-state index in [4.69, 9.17) is 16.1 Å². The number of nitrogens with zero attached hydrogens (tertiary/aromatic N) is 2. The molecule has 6 nitrogen and oxygen atoms in total. The third kappa shape index (κ3) is 7.03. The minimum atomic E-state index is -3.64. The molecular weight excluding hydrogens is 465 g/mol. The lowest BCUT2D eigenvalue weighted by Gasteiger charge is -2.17. The molecule has 0 saturated heterocycles. The lowest BCUT2D eigenvalue weighted by Crippen LogP contribution is -2.27. The van der Waals surface area contributed by atoms with Crippen molar-refractivity contribution in [2.75, 3.05) is 30.1 Å². The Labute approximate surface area is 199 Å². The Kier molecular flexibility index (Phi) is 8.88. The van der Waals surface area contributed by atoms with Crippen LogP contribution in [0.2, 0.25) is 5.02 Å². The van der Waals surface area contributed by atoms with Gasteiger partial charge in [0, 0.05) is 12.0 Å². The second kappa shape index (κ2) is 11.6. The van der Waals surface area contributed by atoms with Gasteiger partial charge in [-0.05, 0) is 56.2 Å². The molecule has 0 atom stereocenters. The highest BCUT2D eigenvalue weighted by Crippen LogP contribution is 2.36. The third-order valence-electron chi connectivity index (χ3n) is 5.49. The van der Waals surface area contributed by atoms with E-state index in [0.29, 0.717) is 53.5 Å². The van der Waals surface area contributed by atoms with E-state index in [1.807, 2.05) is 0 Å². The van der Waals surface area contributed by atoms with Crippen LogP contribution in [0.4, 0.5) is 10.1 Å². The summed E-state index contributed by atoms with van der Waals surface area (Å²) in [6.07, 6.45) is 1.43. The first-order valence-electron chi connectivity index (χ1n) is 11.0. The molecule has 0 fully saturated rings. The van der Waals surface area contributed by atoms with Gasteiger partial charge in [-0.25, -0.2) is 12.8 Å². The van der Waals surface area contributed by atoms with Crippen LogP contribution in [-0.2, 0) is 22.9 Å². The van der Waals surface area contributed by atoms with E-state index in [1.54, 1.807) is 36.4 Å². The summed E-state index contributed by atoms with van der Waals surface area (Å²) in [5.41, 5.74) is 2.13. The van der Waals surface area contributed by atoms with Crippen molar-refractivity contribution in [3.05, 3.63) is 70.7 Å². The van der Waals surface area contributed by atoms with Gasteiger partial charge in [0.05, 0.1) is 10.8 Å². The zero-order chi connectivity index (χ0) is 23.8. The summed E-state index contributed by atoms with van der Waals surface area (Å²) in [6, 6.07) is 13.2. The standard InChI is InChI=1S/C24H29ClFN3O3S/c1-3-29(4-2)16-7-17-33(30,31)28-24-22(15-12-18-10-13-19(26)14-11-18)32-27-23(24)20-8-5-6-9-21(20)25/h5-6,8-11,13-14,28H,3-4,7,12,15-17H2,1-2H3. The minimum absolute atomic E-state index is 0.0198. The maximum Gasteiger partial charge on any atom is 0.232 e. The number of aryl methyl sites for hydroxylation is 2. The zero-order valence-electron chi connectivity index (χ0n) is 18.9. The van der Waals surface area contributed by atoms with E-state index in [1.165, 1.54) is 12.1 Å². The average Bonchev–Trinajstić information content (AvgIpc) is 3.18. The van der Waals surface area contributed by atoms with Crippen molar-refractivity contribution in [1.82, 2.24) is 10.1 Å². The maximum atomic E-state index is 13.2. The molecule has 1 N–H and O–H groups in total. The molecule has 0 aliphatic rings. The predicted octanol–water partition coefficient (Wildman–Crippen LogP) is 5.39. The fourth-order valence-corrected chi connectivity index (χ4v) is 4.93. The summed E-state index contributed by atoms with van der Waals surface area (Å²) >= 11 is 6.35. The summed E-state index contributed by atoms with van der Waals surface area (Å²) < 4.78 is 47.3. The Bertz CT molecular complexity index is 1150. The first kappa shape index (κ1) is 25.2. The Morgan fingerprint density at radius 2 is 1.76 bits per heavy atom. The summed E-state index contributed by atoms with van der Waals surface area (Å²) in [4.78, 5) is 2.18. The maximum absolute atomic E-state index is 13.2. The summed E-state index contributed by atoms with van der Waals surface area (Å²) in [5, 5.41) is 4.58. The smallest absolute Gasteiger partial charge is 0.232 e. The number of halogens is 2. The fraction of sp³-hybridized carbons (Fsp3) is 0.375.